The topological polar surface area (TPSA) is 58.8 Å². The predicted octanol–water partition coefficient (Wildman–Crippen LogP) is 1.57. The van der Waals surface area contributed by atoms with E-state index in [4.69, 9.17) is 10.5 Å². The van der Waals surface area contributed by atoms with E-state index in [0.717, 1.165) is 31.5 Å². The molecule has 2 N–H and O–H groups in total. The average molecular weight is 358 g/mol. The molecule has 1 amide bonds. The molecule has 2 aliphatic rings. The SMILES string of the molecule is Cl.NC1CCN(CC(=O)N2CCOC(c3ccc(F)cc3)C2)CC1. The summed E-state index contributed by atoms with van der Waals surface area (Å²) in [7, 11) is 0. The third kappa shape index (κ3) is 4.89. The molecule has 3 rings (SSSR count). The lowest BCUT2D eigenvalue weighted by molar-refractivity contribution is -0.140. The summed E-state index contributed by atoms with van der Waals surface area (Å²) in [4.78, 5) is 16.5. The van der Waals surface area contributed by atoms with Crippen molar-refractivity contribution in [3.63, 3.8) is 0 Å². The summed E-state index contributed by atoms with van der Waals surface area (Å²) in [5, 5.41) is 0. The van der Waals surface area contributed by atoms with Gasteiger partial charge in [0.15, 0.2) is 0 Å². The van der Waals surface area contributed by atoms with Gasteiger partial charge >= 0.3 is 0 Å². The molecule has 2 fully saturated rings. The highest BCUT2D eigenvalue weighted by atomic mass is 35.5. The van der Waals surface area contributed by atoms with Crippen LogP contribution in [-0.4, -0.2) is 61.1 Å². The van der Waals surface area contributed by atoms with Gasteiger partial charge in [0.1, 0.15) is 11.9 Å². The van der Waals surface area contributed by atoms with E-state index in [0.29, 0.717) is 26.2 Å². The Kier molecular flexibility index (Phi) is 6.98. The fraction of sp³-hybridized carbons (Fsp3) is 0.588. The number of amides is 1. The largest absolute Gasteiger partial charge is 0.370 e. The van der Waals surface area contributed by atoms with Crippen LogP contribution in [0.1, 0.15) is 24.5 Å². The zero-order chi connectivity index (χ0) is 16.2. The van der Waals surface area contributed by atoms with E-state index in [-0.39, 0.29) is 36.3 Å². The molecular formula is C17H25ClFN3O2. The number of ether oxygens (including phenoxy) is 1. The van der Waals surface area contributed by atoms with Crippen LogP contribution in [0.4, 0.5) is 4.39 Å². The van der Waals surface area contributed by atoms with E-state index < -0.39 is 0 Å². The maximum Gasteiger partial charge on any atom is 0.236 e. The first-order valence-electron chi connectivity index (χ1n) is 8.24. The van der Waals surface area contributed by atoms with Crippen LogP contribution in [0, 0.1) is 5.82 Å². The van der Waals surface area contributed by atoms with Gasteiger partial charge in [-0.05, 0) is 30.5 Å². The zero-order valence-corrected chi connectivity index (χ0v) is 14.5. The second-order valence-corrected chi connectivity index (χ2v) is 6.36. The molecule has 2 saturated heterocycles. The van der Waals surface area contributed by atoms with E-state index >= 15 is 0 Å². The van der Waals surface area contributed by atoms with Crippen molar-refractivity contribution in [3.05, 3.63) is 35.6 Å². The van der Waals surface area contributed by atoms with Gasteiger partial charge in [0.05, 0.1) is 19.7 Å². The number of carbonyl (C=O) groups is 1. The number of rotatable bonds is 3. The molecule has 0 aliphatic carbocycles. The van der Waals surface area contributed by atoms with Crippen LogP contribution in [-0.2, 0) is 9.53 Å². The Morgan fingerprint density at radius 1 is 1.21 bits per heavy atom. The van der Waals surface area contributed by atoms with Crippen molar-refractivity contribution in [2.24, 2.45) is 5.73 Å². The lowest BCUT2D eigenvalue weighted by atomic mass is 10.1. The van der Waals surface area contributed by atoms with Crippen molar-refractivity contribution in [1.29, 1.82) is 0 Å². The lowest BCUT2D eigenvalue weighted by Gasteiger charge is -2.36. The molecule has 2 aliphatic heterocycles. The van der Waals surface area contributed by atoms with Gasteiger partial charge in [-0.15, -0.1) is 12.4 Å². The molecule has 1 atom stereocenters. The molecule has 0 radical (unpaired) electrons. The first kappa shape index (κ1) is 19.1. The minimum atomic E-state index is -0.263. The third-order valence-corrected chi connectivity index (χ3v) is 4.65. The number of nitrogens with two attached hydrogens (primary N) is 1. The zero-order valence-electron chi connectivity index (χ0n) is 13.7. The van der Waals surface area contributed by atoms with E-state index in [2.05, 4.69) is 4.90 Å². The number of morpholine rings is 1. The highest BCUT2D eigenvalue weighted by molar-refractivity contribution is 5.85. The molecule has 0 aromatic heterocycles. The van der Waals surface area contributed by atoms with Gasteiger partial charge in [0.2, 0.25) is 5.91 Å². The van der Waals surface area contributed by atoms with Crippen molar-refractivity contribution in [3.8, 4) is 0 Å². The Labute approximate surface area is 148 Å². The number of hydrogen-bond donors (Lipinski definition) is 1. The summed E-state index contributed by atoms with van der Waals surface area (Å²) >= 11 is 0. The molecule has 0 saturated carbocycles. The molecular weight excluding hydrogens is 333 g/mol. The number of hydrogen-bond acceptors (Lipinski definition) is 4. The Hall–Kier alpha value is -1.21. The highest BCUT2D eigenvalue weighted by Crippen LogP contribution is 2.22. The van der Waals surface area contributed by atoms with Crippen molar-refractivity contribution in [2.45, 2.75) is 25.0 Å². The van der Waals surface area contributed by atoms with Gasteiger partial charge < -0.3 is 15.4 Å². The predicted molar refractivity (Wildman–Crippen MR) is 92.6 cm³/mol. The molecule has 1 unspecified atom stereocenters. The number of benzene rings is 1. The minimum Gasteiger partial charge on any atom is -0.370 e. The Morgan fingerprint density at radius 3 is 2.54 bits per heavy atom. The average Bonchev–Trinajstić information content (AvgIpc) is 2.58. The van der Waals surface area contributed by atoms with Gasteiger partial charge in [-0.2, -0.15) is 0 Å². The number of likely N-dealkylation sites (tertiary alicyclic amines) is 1. The van der Waals surface area contributed by atoms with E-state index in [1.807, 2.05) is 4.90 Å². The molecule has 0 bridgehead atoms. The molecule has 7 heteroatoms. The molecule has 2 heterocycles. The standard InChI is InChI=1S/C17H24FN3O2.ClH/c18-14-3-1-13(2-4-14)16-11-21(9-10-23-16)17(22)12-20-7-5-15(19)6-8-20;/h1-4,15-16H,5-12,19H2;1H. The van der Waals surface area contributed by atoms with Crippen LogP contribution in [0.15, 0.2) is 24.3 Å². The summed E-state index contributed by atoms with van der Waals surface area (Å²) in [6.07, 6.45) is 1.73. The van der Waals surface area contributed by atoms with Crippen LogP contribution in [0.25, 0.3) is 0 Å². The van der Waals surface area contributed by atoms with Gasteiger partial charge in [0, 0.05) is 25.7 Å². The van der Waals surface area contributed by atoms with Crippen molar-refractivity contribution in [1.82, 2.24) is 9.80 Å². The smallest absolute Gasteiger partial charge is 0.236 e. The molecule has 0 spiro atoms. The Bertz CT molecular complexity index is 535. The van der Waals surface area contributed by atoms with E-state index in [1.54, 1.807) is 12.1 Å². The van der Waals surface area contributed by atoms with Gasteiger partial charge in [0.25, 0.3) is 0 Å². The first-order valence-corrected chi connectivity index (χ1v) is 8.24. The molecule has 134 valence electrons. The maximum atomic E-state index is 13.0. The summed E-state index contributed by atoms with van der Waals surface area (Å²) in [5.74, 6) is -0.128. The number of piperidine rings is 1. The number of nitrogens with zero attached hydrogens (tertiary/aromatic N) is 2. The Balaban J connectivity index is 0.00000208. The van der Waals surface area contributed by atoms with Gasteiger partial charge in [-0.3, -0.25) is 9.69 Å². The van der Waals surface area contributed by atoms with Crippen LogP contribution < -0.4 is 5.73 Å². The fourth-order valence-corrected chi connectivity index (χ4v) is 3.16. The van der Waals surface area contributed by atoms with Gasteiger partial charge in [-0.25, -0.2) is 4.39 Å². The van der Waals surface area contributed by atoms with Crippen LogP contribution in [0.5, 0.6) is 0 Å². The number of halogens is 2. The quantitative estimate of drug-likeness (QED) is 0.892. The fourth-order valence-electron chi connectivity index (χ4n) is 3.16. The van der Waals surface area contributed by atoms with Crippen LogP contribution >= 0.6 is 12.4 Å². The van der Waals surface area contributed by atoms with Gasteiger partial charge in [-0.1, -0.05) is 12.1 Å². The second kappa shape index (κ2) is 8.76. The summed E-state index contributed by atoms with van der Waals surface area (Å²) in [6, 6.07) is 6.57. The van der Waals surface area contributed by atoms with E-state index in [9.17, 15) is 9.18 Å². The summed E-state index contributed by atoms with van der Waals surface area (Å²) in [5.41, 5.74) is 6.81. The third-order valence-electron chi connectivity index (χ3n) is 4.65. The molecule has 24 heavy (non-hydrogen) atoms. The normalized spacial score (nSPS) is 22.9. The maximum absolute atomic E-state index is 13.0. The first-order chi connectivity index (χ1) is 11.1. The molecule has 5 nitrogen and oxygen atoms in total. The second-order valence-electron chi connectivity index (χ2n) is 6.36. The molecule has 1 aromatic rings. The molecule has 1 aromatic carbocycles. The Morgan fingerprint density at radius 2 is 1.88 bits per heavy atom. The summed E-state index contributed by atoms with van der Waals surface area (Å²) < 4.78 is 18.8. The van der Waals surface area contributed by atoms with Crippen LogP contribution in [0.3, 0.4) is 0 Å². The van der Waals surface area contributed by atoms with Crippen molar-refractivity contribution in [2.75, 3.05) is 39.3 Å². The van der Waals surface area contributed by atoms with Crippen LogP contribution in [0.2, 0.25) is 0 Å². The number of carbonyl (C=O) groups excluding carboxylic acids is 1. The van der Waals surface area contributed by atoms with Crippen molar-refractivity contribution < 1.29 is 13.9 Å². The van der Waals surface area contributed by atoms with E-state index in [1.165, 1.54) is 12.1 Å². The monoisotopic (exact) mass is 357 g/mol. The summed E-state index contributed by atoms with van der Waals surface area (Å²) in [6.45, 7) is 3.88. The highest BCUT2D eigenvalue weighted by Gasteiger charge is 2.27. The minimum absolute atomic E-state index is 0. The lowest BCUT2D eigenvalue weighted by Crippen LogP contribution is -2.49. The van der Waals surface area contributed by atoms with Crippen molar-refractivity contribution >= 4 is 18.3 Å².